The van der Waals surface area contributed by atoms with Gasteiger partial charge in [-0.2, -0.15) is 0 Å². The van der Waals surface area contributed by atoms with Gasteiger partial charge in [-0.15, -0.1) is 0 Å². The molecule has 0 aromatic rings. The van der Waals surface area contributed by atoms with Crippen LogP contribution in [0.25, 0.3) is 0 Å². The van der Waals surface area contributed by atoms with Crippen molar-refractivity contribution in [2.24, 2.45) is 0 Å². The summed E-state index contributed by atoms with van der Waals surface area (Å²) in [5.41, 5.74) is 0. The van der Waals surface area contributed by atoms with Crippen LogP contribution < -0.4 is 0 Å². The zero-order valence-corrected chi connectivity index (χ0v) is 43.6. The average molecular weight is 906 g/mol. The molecule has 0 N–H and O–H groups in total. The summed E-state index contributed by atoms with van der Waals surface area (Å²) < 4.78 is 16.7. The first kappa shape index (κ1) is 62.4. The molecule has 0 aliphatic heterocycles. The molecule has 0 spiro atoms. The van der Waals surface area contributed by atoms with Gasteiger partial charge in [0.05, 0.1) is 0 Å². The summed E-state index contributed by atoms with van der Waals surface area (Å²) in [6.45, 7) is 6.63. The second-order valence-corrected chi connectivity index (χ2v) is 19.9. The number of carbonyl (C=O) groups excluding carboxylic acids is 3. The van der Waals surface area contributed by atoms with Crippen LogP contribution in [0.5, 0.6) is 0 Å². The highest BCUT2D eigenvalue weighted by Crippen LogP contribution is 2.18. The molecule has 0 saturated heterocycles. The monoisotopic (exact) mass is 905 g/mol. The maximum Gasteiger partial charge on any atom is 0.306 e. The first-order chi connectivity index (χ1) is 31.5. The Bertz CT molecular complexity index is 951. The summed E-state index contributed by atoms with van der Waals surface area (Å²) in [7, 11) is 0. The lowest BCUT2D eigenvalue weighted by Gasteiger charge is -2.18. The molecular formula is C58H112O6. The van der Waals surface area contributed by atoms with Crippen molar-refractivity contribution in [2.45, 2.75) is 341 Å². The van der Waals surface area contributed by atoms with Crippen LogP contribution in [0.4, 0.5) is 0 Å². The van der Waals surface area contributed by atoms with E-state index in [9.17, 15) is 14.4 Å². The van der Waals surface area contributed by atoms with Gasteiger partial charge in [0.15, 0.2) is 6.10 Å². The maximum atomic E-state index is 12.7. The maximum absolute atomic E-state index is 12.7. The number of unbranched alkanes of at least 4 members (excludes halogenated alkanes) is 43. The van der Waals surface area contributed by atoms with Gasteiger partial charge in [-0.1, -0.05) is 297 Å². The number of ether oxygens (including phenoxy) is 3. The molecule has 1 atom stereocenters. The van der Waals surface area contributed by atoms with Crippen molar-refractivity contribution in [1.82, 2.24) is 0 Å². The number of rotatable bonds is 54. The number of hydrogen-bond donors (Lipinski definition) is 0. The molecule has 0 aromatic carbocycles. The first-order valence-corrected chi connectivity index (χ1v) is 29.0. The van der Waals surface area contributed by atoms with E-state index in [0.717, 1.165) is 57.8 Å². The SMILES string of the molecule is CCCCCCCCCCCCCCCCCCCCCCCCCCCCCC(=O)OCC(COC(=O)CCCCCCCC)OC(=O)CCCCCCCCCCCCCCC. The third-order valence-electron chi connectivity index (χ3n) is 13.4. The van der Waals surface area contributed by atoms with Crippen LogP contribution in [0.1, 0.15) is 335 Å². The summed E-state index contributed by atoms with van der Waals surface area (Å²) in [5.74, 6) is -0.850. The van der Waals surface area contributed by atoms with Crippen LogP contribution in [0.2, 0.25) is 0 Å². The fourth-order valence-electron chi connectivity index (χ4n) is 8.98. The highest BCUT2D eigenvalue weighted by Gasteiger charge is 2.19. The Kier molecular flexibility index (Phi) is 52.7. The second-order valence-electron chi connectivity index (χ2n) is 19.9. The third kappa shape index (κ3) is 51.4. The van der Waals surface area contributed by atoms with E-state index in [1.807, 2.05) is 0 Å². The van der Waals surface area contributed by atoms with Gasteiger partial charge in [0.1, 0.15) is 13.2 Å². The van der Waals surface area contributed by atoms with E-state index in [4.69, 9.17) is 14.2 Å². The Morgan fingerprint density at radius 1 is 0.250 bits per heavy atom. The molecule has 6 heteroatoms. The Morgan fingerprint density at radius 3 is 0.625 bits per heavy atom. The lowest BCUT2D eigenvalue weighted by molar-refractivity contribution is -0.167. The smallest absolute Gasteiger partial charge is 0.306 e. The number of carbonyl (C=O) groups is 3. The van der Waals surface area contributed by atoms with Gasteiger partial charge < -0.3 is 14.2 Å². The quantitative estimate of drug-likeness (QED) is 0.0344. The largest absolute Gasteiger partial charge is 0.462 e. The molecule has 6 nitrogen and oxygen atoms in total. The molecular weight excluding hydrogens is 793 g/mol. The van der Waals surface area contributed by atoms with Crippen molar-refractivity contribution in [3.63, 3.8) is 0 Å². The predicted octanol–water partition coefficient (Wildman–Crippen LogP) is 19.2. The molecule has 64 heavy (non-hydrogen) atoms. The van der Waals surface area contributed by atoms with E-state index in [1.54, 1.807) is 0 Å². The molecule has 0 aliphatic rings. The van der Waals surface area contributed by atoms with E-state index < -0.39 is 6.10 Å². The molecule has 0 aromatic heterocycles. The summed E-state index contributed by atoms with van der Waals surface area (Å²) in [4.78, 5) is 37.8. The molecule has 0 saturated carbocycles. The van der Waals surface area contributed by atoms with Crippen LogP contribution in [0.15, 0.2) is 0 Å². The highest BCUT2D eigenvalue weighted by molar-refractivity contribution is 5.71. The van der Waals surface area contributed by atoms with Crippen LogP contribution >= 0.6 is 0 Å². The van der Waals surface area contributed by atoms with Crippen molar-refractivity contribution in [1.29, 1.82) is 0 Å². The molecule has 380 valence electrons. The van der Waals surface area contributed by atoms with Crippen molar-refractivity contribution in [3.05, 3.63) is 0 Å². The Balaban J connectivity index is 3.95. The van der Waals surface area contributed by atoms with E-state index in [2.05, 4.69) is 20.8 Å². The van der Waals surface area contributed by atoms with Gasteiger partial charge in [0.25, 0.3) is 0 Å². The minimum atomic E-state index is -0.759. The van der Waals surface area contributed by atoms with Gasteiger partial charge in [0.2, 0.25) is 0 Å². The average Bonchev–Trinajstić information content (AvgIpc) is 3.29. The van der Waals surface area contributed by atoms with Gasteiger partial charge >= 0.3 is 17.9 Å². The summed E-state index contributed by atoms with van der Waals surface area (Å²) in [6, 6.07) is 0. The van der Waals surface area contributed by atoms with Crippen LogP contribution in [-0.4, -0.2) is 37.2 Å². The Labute approximate surface area is 399 Å². The van der Waals surface area contributed by atoms with Gasteiger partial charge in [0, 0.05) is 19.3 Å². The summed E-state index contributed by atoms with van der Waals surface area (Å²) in [6.07, 6.45) is 60.0. The molecule has 0 radical (unpaired) electrons. The molecule has 0 fully saturated rings. The Hall–Kier alpha value is -1.59. The zero-order valence-electron chi connectivity index (χ0n) is 43.6. The van der Waals surface area contributed by atoms with Crippen LogP contribution in [0, 0.1) is 0 Å². The molecule has 0 rings (SSSR count). The minimum Gasteiger partial charge on any atom is -0.462 e. The van der Waals surface area contributed by atoms with Crippen molar-refractivity contribution in [3.8, 4) is 0 Å². The lowest BCUT2D eigenvalue weighted by atomic mass is 10.0. The Morgan fingerprint density at radius 2 is 0.422 bits per heavy atom. The van der Waals surface area contributed by atoms with Crippen LogP contribution in [0.3, 0.4) is 0 Å². The minimum absolute atomic E-state index is 0.0625. The molecule has 0 heterocycles. The fraction of sp³-hybridized carbons (Fsp3) is 0.948. The molecule has 0 bridgehead atoms. The zero-order chi connectivity index (χ0) is 46.5. The normalized spacial score (nSPS) is 11.9. The van der Waals surface area contributed by atoms with Crippen molar-refractivity contribution in [2.75, 3.05) is 13.2 Å². The standard InChI is InChI=1S/C58H112O6/c1-4-7-10-13-16-18-20-22-23-24-25-26-27-28-29-30-31-32-33-34-35-37-38-40-42-45-48-51-57(60)63-54-55(53-62-56(59)50-47-44-15-12-9-6-3)64-58(61)52-49-46-43-41-39-36-21-19-17-14-11-8-5-2/h55H,4-54H2,1-3H3. The lowest BCUT2D eigenvalue weighted by Crippen LogP contribution is -2.30. The van der Waals surface area contributed by atoms with E-state index >= 15 is 0 Å². The number of hydrogen-bond acceptors (Lipinski definition) is 6. The van der Waals surface area contributed by atoms with Crippen molar-refractivity contribution < 1.29 is 28.6 Å². The summed E-state index contributed by atoms with van der Waals surface area (Å²) >= 11 is 0. The highest BCUT2D eigenvalue weighted by atomic mass is 16.6. The summed E-state index contributed by atoms with van der Waals surface area (Å²) in [5, 5.41) is 0. The van der Waals surface area contributed by atoms with E-state index in [-0.39, 0.29) is 31.1 Å². The van der Waals surface area contributed by atoms with E-state index in [0.29, 0.717) is 19.3 Å². The first-order valence-electron chi connectivity index (χ1n) is 29.0. The topological polar surface area (TPSA) is 78.9 Å². The van der Waals surface area contributed by atoms with Gasteiger partial charge in [-0.05, 0) is 19.3 Å². The second kappa shape index (κ2) is 54.0. The predicted molar refractivity (Wildman–Crippen MR) is 275 cm³/mol. The van der Waals surface area contributed by atoms with E-state index in [1.165, 1.54) is 238 Å². The molecule has 0 amide bonds. The van der Waals surface area contributed by atoms with Gasteiger partial charge in [-0.3, -0.25) is 14.4 Å². The van der Waals surface area contributed by atoms with Crippen LogP contribution in [-0.2, 0) is 28.6 Å². The number of esters is 3. The van der Waals surface area contributed by atoms with Crippen molar-refractivity contribution >= 4 is 17.9 Å². The fourth-order valence-corrected chi connectivity index (χ4v) is 8.98. The third-order valence-corrected chi connectivity index (χ3v) is 13.4. The van der Waals surface area contributed by atoms with Gasteiger partial charge in [-0.25, -0.2) is 0 Å². The molecule has 0 aliphatic carbocycles. The molecule has 1 unspecified atom stereocenters.